The van der Waals surface area contributed by atoms with Crippen molar-refractivity contribution in [2.75, 3.05) is 12.0 Å². The zero-order chi connectivity index (χ0) is 26.4. The number of carbonyl (C=O) groups excluding carboxylic acids is 3. The van der Waals surface area contributed by atoms with Gasteiger partial charge in [0, 0.05) is 6.42 Å². The fraction of sp³-hybridized carbons (Fsp3) is 0.700. The first-order valence-corrected chi connectivity index (χ1v) is 12.0. The van der Waals surface area contributed by atoms with Crippen LogP contribution in [0.1, 0.15) is 46.0 Å². The lowest BCUT2D eigenvalue weighted by molar-refractivity contribution is -0.147. The topological polar surface area (TPSA) is 225 Å². The molecule has 0 spiro atoms. The van der Waals surface area contributed by atoms with Gasteiger partial charge in [0.25, 0.3) is 0 Å². The highest BCUT2D eigenvalue weighted by Gasteiger charge is 2.31. The van der Waals surface area contributed by atoms with E-state index in [0.717, 1.165) is 0 Å². The molecule has 0 saturated carbocycles. The van der Waals surface area contributed by atoms with Gasteiger partial charge >= 0.3 is 17.9 Å². The molecule has 8 N–H and O–H groups in total. The lowest BCUT2D eigenvalue weighted by atomic mass is 9.98. The Hall–Kier alpha value is -2.87. The van der Waals surface area contributed by atoms with Crippen LogP contribution in [0.2, 0.25) is 0 Å². The smallest absolute Gasteiger partial charge is 0.326 e. The Labute approximate surface area is 201 Å². The third-order valence-electron chi connectivity index (χ3n) is 5.08. The lowest BCUT2D eigenvalue weighted by Gasteiger charge is -2.25. The number of hydrogen-bond acceptors (Lipinski definition) is 8. The molecule has 0 heterocycles. The monoisotopic (exact) mass is 506 g/mol. The second kappa shape index (κ2) is 15.9. The van der Waals surface area contributed by atoms with Gasteiger partial charge in [-0.15, -0.1) is 0 Å². The summed E-state index contributed by atoms with van der Waals surface area (Å²) in [6, 6.07) is -5.21. The SMILES string of the molecule is CCC(C)C(N)C(=O)NC(CCC(=O)O)C(=O)NC(CCSC)C(=O)NC(CC(=O)O)C(=O)O. The maximum Gasteiger partial charge on any atom is 0.326 e. The highest BCUT2D eigenvalue weighted by Crippen LogP contribution is 2.08. The van der Waals surface area contributed by atoms with Crippen LogP contribution in [0.3, 0.4) is 0 Å². The van der Waals surface area contributed by atoms with Crippen molar-refractivity contribution in [3.05, 3.63) is 0 Å². The maximum absolute atomic E-state index is 12.9. The van der Waals surface area contributed by atoms with E-state index in [1.54, 1.807) is 13.2 Å². The van der Waals surface area contributed by atoms with Crippen LogP contribution in [0, 0.1) is 5.92 Å². The summed E-state index contributed by atoms with van der Waals surface area (Å²) in [6.07, 6.45) is 0.831. The summed E-state index contributed by atoms with van der Waals surface area (Å²) in [5.74, 6) is -6.44. The van der Waals surface area contributed by atoms with Gasteiger partial charge in [-0.25, -0.2) is 4.79 Å². The number of thioether (sulfide) groups is 1. The second-order valence-corrected chi connectivity index (χ2v) is 8.73. The molecule has 0 rings (SSSR count). The van der Waals surface area contributed by atoms with Crippen molar-refractivity contribution in [3.63, 3.8) is 0 Å². The van der Waals surface area contributed by atoms with Gasteiger partial charge in [0.05, 0.1) is 12.5 Å². The summed E-state index contributed by atoms with van der Waals surface area (Å²) in [4.78, 5) is 71.1. The van der Waals surface area contributed by atoms with Crippen LogP contribution in [0.25, 0.3) is 0 Å². The molecule has 14 heteroatoms. The number of carbonyl (C=O) groups is 6. The average Bonchev–Trinajstić information content (AvgIpc) is 2.76. The van der Waals surface area contributed by atoms with Crippen molar-refractivity contribution < 1.29 is 44.1 Å². The molecule has 0 aromatic rings. The van der Waals surface area contributed by atoms with Gasteiger partial charge in [0.2, 0.25) is 17.7 Å². The van der Waals surface area contributed by atoms with Crippen molar-refractivity contribution in [1.29, 1.82) is 0 Å². The van der Waals surface area contributed by atoms with Crippen LogP contribution in [-0.4, -0.2) is 87.1 Å². The summed E-state index contributed by atoms with van der Waals surface area (Å²) < 4.78 is 0. The van der Waals surface area contributed by atoms with Crippen LogP contribution >= 0.6 is 11.8 Å². The molecule has 0 bridgehead atoms. The molecule has 0 aliphatic heterocycles. The Morgan fingerprint density at radius 3 is 1.76 bits per heavy atom. The predicted octanol–water partition coefficient (Wildman–Crippen LogP) is -1.01. The molecule has 0 radical (unpaired) electrons. The minimum absolute atomic E-state index is 0.0735. The van der Waals surface area contributed by atoms with Crippen molar-refractivity contribution in [2.45, 2.75) is 70.1 Å². The molecule has 5 unspecified atom stereocenters. The fourth-order valence-electron chi connectivity index (χ4n) is 2.74. The zero-order valence-corrected chi connectivity index (χ0v) is 20.2. The first-order valence-electron chi connectivity index (χ1n) is 10.7. The average molecular weight is 507 g/mol. The third kappa shape index (κ3) is 11.8. The lowest BCUT2D eigenvalue weighted by Crippen LogP contribution is -2.57. The van der Waals surface area contributed by atoms with E-state index in [1.807, 2.05) is 6.92 Å². The normalized spacial score (nSPS) is 15.2. The van der Waals surface area contributed by atoms with Crippen LogP contribution in [0.15, 0.2) is 0 Å². The first-order chi connectivity index (χ1) is 15.8. The molecule has 0 aromatic carbocycles. The highest BCUT2D eigenvalue weighted by atomic mass is 32.2. The minimum Gasteiger partial charge on any atom is -0.481 e. The summed E-state index contributed by atoms with van der Waals surface area (Å²) in [5.41, 5.74) is 5.88. The number of aliphatic carboxylic acids is 3. The molecule has 34 heavy (non-hydrogen) atoms. The Morgan fingerprint density at radius 1 is 0.824 bits per heavy atom. The van der Waals surface area contributed by atoms with Gasteiger partial charge < -0.3 is 37.0 Å². The molecular formula is C20H34N4O9S. The van der Waals surface area contributed by atoms with Crippen LogP contribution in [0.4, 0.5) is 0 Å². The van der Waals surface area contributed by atoms with E-state index in [0.29, 0.717) is 12.2 Å². The van der Waals surface area contributed by atoms with Gasteiger partial charge in [-0.2, -0.15) is 11.8 Å². The Bertz CT molecular complexity index is 750. The summed E-state index contributed by atoms with van der Waals surface area (Å²) in [7, 11) is 0. The van der Waals surface area contributed by atoms with Crippen LogP contribution in [-0.2, 0) is 28.8 Å². The molecular weight excluding hydrogens is 472 g/mol. The summed E-state index contributed by atoms with van der Waals surface area (Å²) in [6.45, 7) is 3.57. The van der Waals surface area contributed by atoms with Crippen molar-refractivity contribution in [1.82, 2.24) is 16.0 Å². The first kappa shape index (κ1) is 31.1. The minimum atomic E-state index is -1.71. The van der Waals surface area contributed by atoms with E-state index < -0.39 is 72.6 Å². The van der Waals surface area contributed by atoms with Crippen molar-refractivity contribution >= 4 is 47.4 Å². The zero-order valence-electron chi connectivity index (χ0n) is 19.4. The maximum atomic E-state index is 12.9. The van der Waals surface area contributed by atoms with Gasteiger partial charge in [-0.3, -0.25) is 24.0 Å². The van der Waals surface area contributed by atoms with E-state index in [4.69, 9.17) is 21.1 Å². The standard InChI is InChI=1S/C20H34N4O9S/c1-4-10(2)16(21)19(31)23-11(5-6-14(25)26)17(29)22-12(7-8-34-3)18(30)24-13(20(32)33)9-15(27)28/h10-13,16H,4-9,21H2,1-3H3,(H,22,29)(H,23,31)(H,24,30)(H,25,26)(H,27,28)(H,32,33). The fourth-order valence-corrected chi connectivity index (χ4v) is 3.21. The summed E-state index contributed by atoms with van der Waals surface area (Å²) >= 11 is 1.35. The van der Waals surface area contributed by atoms with E-state index >= 15 is 0 Å². The quantitative estimate of drug-likeness (QED) is 0.126. The highest BCUT2D eigenvalue weighted by molar-refractivity contribution is 7.98. The number of hydrogen-bond donors (Lipinski definition) is 7. The van der Waals surface area contributed by atoms with Crippen molar-refractivity contribution in [3.8, 4) is 0 Å². The number of carboxylic acid groups (broad SMARTS) is 3. The molecule has 0 fully saturated rings. The predicted molar refractivity (Wildman–Crippen MR) is 123 cm³/mol. The number of nitrogens with one attached hydrogen (secondary N) is 3. The molecule has 3 amide bonds. The van der Waals surface area contributed by atoms with E-state index in [2.05, 4.69) is 16.0 Å². The Balaban J connectivity index is 5.58. The Kier molecular flexibility index (Phi) is 14.5. The van der Waals surface area contributed by atoms with E-state index in [-0.39, 0.29) is 18.8 Å². The molecule has 5 atom stereocenters. The number of amides is 3. The molecule has 0 aliphatic carbocycles. The number of nitrogens with two attached hydrogens (primary N) is 1. The van der Waals surface area contributed by atoms with Gasteiger partial charge in [0.15, 0.2) is 0 Å². The third-order valence-corrected chi connectivity index (χ3v) is 5.72. The van der Waals surface area contributed by atoms with E-state index in [1.165, 1.54) is 11.8 Å². The molecule has 0 saturated heterocycles. The van der Waals surface area contributed by atoms with Gasteiger partial charge in [0.1, 0.15) is 18.1 Å². The molecule has 194 valence electrons. The molecule has 13 nitrogen and oxygen atoms in total. The molecule has 0 aliphatic rings. The number of rotatable bonds is 17. The van der Waals surface area contributed by atoms with Crippen LogP contribution in [0.5, 0.6) is 0 Å². The van der Waals surface area contributed by atoms with Gasteiger partial charge in [-0.05, 0) is 30.8 Å². The largest absolute Gasteiger partial charge is 0.481 e. The Morgan fingerprint density at radius 2 is 1.32 bits per heavy atom. The number of carboxylic acids is 3. The summed E-state index contributed by atoms with van der Waals surface area (Å²) in [5, 5.41) is 33.9. The molecule has 0 aromatic heterocycles. The van der Waals surface area contributed by atoms with Crippen LogP contribution < -0.4 is 21.7 Å². The second-order valence-electron chi connectivity index (χ2n) is 7.74. The van der Waals surface area contributed by atoms with Gasteiger partial charge in [-0.1, -0.05) is 20.3 Å². The van der Waals surface area contributed by atoms with E-state index in [9.17, 15) is 28.8 Å². The van der Waals surface area contributed by atoms with Crippen molar-refractivity contribution in [2.24, 2.45) is 11.7 Å².